The molecule has 0 bridgehead atoms. The minimum Gasteiger partial charge on any atom is -0.332 e. The zero-order chi connectivity index (χ0) is 12.5. The number of imidazole rings is 1. The second-order valence-electron chi connectivity index (χ2n) is 5.18. The number of aromatic nitrogens is 2. The monoisotopic (exact) mass is 235 g/mol. The van der Waals surface area contributed by atoms with Gasteiger partial charge in [0, 0.05) is 19.4 Å². The van der Waals surface area contributed by atoms with Crippen LogP contribution in [0.25, 0.3) is 0 Å². The van der Waals surface area contributed by atoms with Crippen LogP contribution in [-0.4, -0.2) is 39.9 Å². The highest BCUT2D eigenvalue weighted by Crippen LogP contribution is 2.34. The standard InChI is InChI=1S/C13H21N3O/c1-15(2)13(7-5-4-6-8-13)11(17)12-14-9-10-16(12)3/h9-10H,4-8H2,1-3H3. The summed E-state index contributed by atoms with van der Waals surface area (Å²) in [4.78, 5) is 19.0. The van der Waals surface area contributed by atoms with Gasteiger partial charge in [-0.2, -0.15) is 0 Å². The molecule has 0 radical (unpaired) electrons. The first-order valence-corrected chi connectivity index (χ1v) is 6.27. The van der Waals surface area contributed by atoms with E-state index in [1.807, 2.05) is 31.9 Å². The smallest absolute Gasteiger partial charge is 0.218 e. The van der Waals surface area contributed by atoms with Crippen LogP contribution in [0.15, 0.2) is 12.4 Å². The van der Waals surface area contributed by atoms with Gasteiger partial charge in [-0.3, -0.25) is 9.69 Å². The fourth-order valence-electron chi connectivity index (χ4n) is 2.81. The van der Waals surface area contributed by atoms with E-state index in [1.54, 1.807) is 6.20 Å². The van der Waals surface area contributed by atoms with Gasteiger partial charge in [0.1, 0.15) is 0 Å². The highest BCUT2D eigenvalue weighted by molar-refractivity contribution is 6.00. The van der Waals surface area contributed by atoms with Crippen molar-refractivity contribution in [2.24, 2.45) is 7.05 Å². The van der Waals surface area contributed by atoms with E-state index in [9.17, 15) is 4.79 Å². The van der Waals surface area contributed by atoms with Gasteiger partial charge in [0.2, 0.25) is 5.78 Å². The maximum atomic E-state index is 12.7. The van der Waals surface area contributed by atoms with Gasteiger partial charge >= 0.3 is 0 Å². The topological polar surface area (TPSA) is 38.1 Å². The first kappa shape index (κ1) is 12.3. The molecule has 0 amide bonds. The molecule has 0 spiro atoms. The second-order valence-corrected chi connectivity index (χ2v) is 5.18. The minimum absolute atomic E-state index is 0.176. The van der Waals surface area contributed by atoms with Gasteiger partial charge in [-0.15, -0.1) is 0 Å². The molecule has 0 saturated heterocycles. The van der Waals surface area contributed by atoms with Gasteiger partial charge in [-0.25, -0.2) is 4.98 Å². The molecule has 1 aliphatic carbocycles. The van der Waals surface area contributed by atoms with Crippen LogP contribution in [0.5, 0.6) is 0 Å². The number of hydrogen-bond acceptors (Lipinski definition) is 3. The molecule has 0 atom stereocenters. The molecule has 94 valence electrons. The Kier molecular flexibility index (Phi) is 3.33. The Hall–Kier alpha value is -1.16. The number of hydrogen-bond donors (Lipinski definition) is 0. The van der Waals surface area contributed by atoms with Gasteiger partial charge in [0.25, 0.3) is 0 Å². The summed E-state index contributed by atoms with van der Waals surface area (Å²) in [6, 6.07) is 0. The maximum absolute atomic E-state index is 12.7. The van der Waals surface area contributed by atoms with E-state index in [1.165, 1.54) is 6.42 Å². The van der Waals surface area contributed by atoms with Gasteiger partial charge in [0.15, 0.2) is 5.82 Å². The molecule has 1 fully saturated rings. The van der Waals surface area contributed by atoms with Crippen LogP contribution in [0, 0.1) is 0 Å². The molecule has 1 aromatic heterocycles. The van der Waals surface area contributed by atoms with Crippen LogP contribution in [0.3, 0.4) is 0 Å². The fourth-order valence-corrected chi connectivity index (χ4v) is 2.81. The lowest BCUT2D eigenvalue weighted by atomic mass is 9.77. The minimum atomic E-state index is -0.336. The summed E-state index contributed by atoms with van der Waals surface area (Å²) in [6.45, 7) is 0. The molecule has 0 aromatic carbocycles. The molecular formula is C13H21N3O. The van der Waals surface area contributed by atoms with E-state index in [-0.39, 0.29) is 11.3 Å². The summed E-state index contributed by atoms with van der Waals surface area (Å²) >= 11 is 0. The van der Waals surface area contributed by atoms with E-state index in [2.05, 4.69) is 9.88 Å². The van der Waals surface area contributed by atoms with Gasteiger partial charge < -0.3 is 4.57 Å². The lowest BCUT2D eigenvalue weighted by Gasteiger charge is -2.41. The van der Waals surface area contributed by atoms with Crippen molar-refractivity contribution in [1.82, 2.24) is 14.5 Å². The van der Waals surface area contributed by atoms with Crippen molar-refractivity contribution in [2.75, 3.05) is 14.1 Å². The molecule has 2 rings (SSSR count). The average molecular weight is 235 g/mol. The van der Waals surface area contributed by atoms with Crippen LogP contribution < -0.4 is 0 Å². The van der Waals surface area contributed by atoms with E-state index >= 15 is 0 Å². The zero-order valence-electron chi connectivity index (χ0n) is 10.9. The van der Waals surface area contributed by atoms with Crippen molar-refractivity contribution in [1.29, 1.82) is 0 Å². The van der Waals surface area contributed by atoms with Crippen LogP contribution in [0.4, 0.5) is 0 Å². The van der Waals surface area contributed by atoms with Crippen molar-refractivity contribution in [3.8, 4) is 0 Å². The summed E-state index contributed by atoms with van der Waals surface area (Å²) in [6.07, 6.45) is 8.93. The lowest BCUT2D eigenvalue weighted by Crippen LogP contribution is -2.53. The number of Topliss-reactive ketones (excluding diaryl/α,β-unsaturated/α-hetero) is 1. The van der Waals surface area contributed by atoms with Gasteiger partial charge in [0.05, 0.1) is 5.54 Å². The van der Waals surface area contributed by atoms with Crippen molar-refractivity contribution >= 4 is 5.78 Å². The predicted octanol–water partition coefficient (Wildman–Crippen LogP) is 1.87. The Morgan fingerprint density at radius 3 is 2.47 bits per heavy atom. The third-order valence-corrected chi connectivity index (χ3v) is 3.98. The third kappa shape index (κ3) is 2.02. The zero-order valence-corrected chi connectivity index (χ0v) is 10.9. The summed E-state index contributed by atoms with van der Waals surface area (Å²) in [5.41, 5.74) is -0.336. The number of aryl methyl sites for hydroxylation is 1. The summed E-state index contributed by atoms with van der Waals surface area (Å²) in [5.74, 6) is 0.760. The van der Waals surface area contributed by atoms with E-state index in [0.29, 0.717) is 5.82 Å². The van der Waals surface area contributed by atoms with Crippen LogP contribution >= 0.6 is 0 Å². The molecule has 1 aromatic rings. The van der Waals surface area contributed by atoms with E-state index in [4.69, 9.17) is 0 Å². The summed E-state index contributed by atoms with van der Waals surface area (Å²) in [5, 5.41) is 0. The third-order valence-electron chi connectivity index (χ3n) is 3.98. The van der Waals surface area contributed by atoms with E-state index < -0.39 is 0 Å². The van der Waals surface area contributed by atoms with Crippen LogP contribution in [0.2, 0.25) is 0 Å². The number of rotatable bonds is 3. The van der Waals surface area contributed by atoms with Crippen molar-refractivity contribution < 1.29 is 4.79 Å². The number of carbonyl (C=O) groups is 1. The summed E-state index contributed by atoms with van der Waals surface area (Å²) in [7, 11) is 5.89. The Morgan fingerprint density at radius 1 is 1.35 bits per heavy atom. The molecule has 4 nitrogen and oxygen atoms in total. The largest absolute Gasteiger partial charge is 0.332 e. The van der Waals surface area contributed by atoms with Gasteiger partial charge in [-0.05, 0) is 26.9 Å². The number of likely N-dealkylation sites (N-methyl/N-ethyl adjacent to an activating group) is 1. The van der Waals surface area contributed by atoms with Crippen molar-refractivity contribution in [3.05, 3.63) is 18.2 Å². The van der Waals surface area contributed by atoms with Crippen LogP contribution in [-0.2, 0) is 7.05 Å². The predicted molar refractivity (Wildman–Crippen MR) is 67.0 cm³/mol. The number of carbonyl (C=O) groups excluding carboxylic acids is 1. The quantitative estimate of drug-likeness (QED) is 0.751. The molecule has 0 N–H and O–H groups in total. The molecular weight excluding hydrogens is 214 g/mol. The molecule has 0 unspecified atom stereocenters. The molecule has 1 saturated carbocycles. The van der Waals surface area contributed by atoms with Crippen LogP contribution in [0.1, 0.15) is 42.7 Å². The van der Waals surface area contributed by atoms with Crippen molar-refractivity contribution in [3.63, 3.8) is 0 Å². The number of nitrogens with zero attached hydrogens (tertiary/aromatic N) is 3. The average Bonchev–Trinajstić information content (AvgIpc) is 2.75. The first-order chi connectivity index (χ1) is 8.08. The molecule has 17 heavy (non-hydrogen) atoms. The molecule has 1 heterocycles. The van der Waals surface area contributed by atoms with Crippen molar-refractivity contribution in [2.45, 2.75) is 37.6 Å². The highest BCUT2D eigenvalue weighted by atomic mass is 16.1. The van der Waals surface area contributed by atoms with E-state index in [0.717, 1.165) is 25.7 Å². The fraction of sp³-hybridized carbons (Fsp3) is 0.692. The summed E-state index contributed by atoms with van der Waals surface area (Å²) < 4.78 is 1.82. The Balaban J connectivity index is 2.34. The normalized spacial score (nSPS) is 19.5. The lowest BCUT2D eigenvalue weighted by molar-refractivity contribution is 0.0549. The SMILES string of the molecule is CN(C)C1(C(=O)c2nccn2C)CCCCC1. The Bertz CT molecular complexity index is 403. The molecule has 0 aliphatic heterocycles. The highest BCUT2D eigenvalue weighted by Gasteiger charge is 2.43. The second kappa shape index (κ2) is 4.61. The maximum Gasteiger partial charge on any atom is 0.218 e. The number of ketones is 1. The Labute approximate surface area is 103 Å². The van der Waals surface area contributed by atoms with Gasteiger partial charge in [-0.1, -0.05) is 19.3 Å². The Morgan fingerprint density at radius 2 is 2.00 bits per heavy atom. The molecule has 4 heteroatoms. The molecule has 1 aliphatic rings. The first-order valence-electron chi connectivity index (χ1n) is 6.27.